The third kappa shape index (κ3) is 4.75. The number of nitrogens with one attached hydrogen (secondary N) is 1. The minimum absolute atomic E-state index is 0.0347. The molecule has 0 fully saturated rings. The van der Waals surface area contributed by atoms with Gasteiger partial charge in [0.2, 0.25) is 10.0 Å². The number of sulfonamides is 1. The van der Waals surface area contributed by atoms with Crippen LogP contribution in [0.5, 0.6) is 0 Å². The average molecular weight is 393 g/mol. The summed E-state index contributed by atoms with van der Waals surface area (Å²) in [5, 5.41) is 0. The molecule has 1 aromatic heterocycles. The molecule has 0 aliphatic heterocycles. The number of rotatable bonds is 7. The number of anilines is 1. The highest BCUT2D eigenvalue weighted by atomic mass is 32.2. The third-order valence-corrected chi connectivity index (χ3v) is 5.30. The van der Waals surface area contributed by atoms with Crippen LogP contribution in [0.15, 0.2) is 47.5 Å². The molecule has 1 N–H and O–H groups in total. The van der Waals surface area contributed by atoms with E-state index in [1.807, 2.05) is 32.0 Å². The first-order valence-corrected chi connectivity index (χ1v) is 9.80. The highest BCUT2D eigenvalue weighted by Gasteiger charge is 2.23. The van der Waals surface area contributed by atoms with Crippen LogP contribution in [0, 0.1) is 0 Å². The molecule has 2 aromatic rings. The van der Waals surface area contributed by atoms with E-state index in [4.69, 9.17) is 4.74 Å². The summed E-state index contributed by atoms with van der Waals surface area (Å²) in [7, 11) is -0.873. The van der Waals surface area contributed by atoms with Crippen LogP contribution in [0.2, 0.25) is 0 Å². The molecule has 0 unspecified atom stereocenters. The van der Waals surface area contributed by atoms with Gasteiger partial charge in [0.1, 0.15) is 10.6 Å². The SMILES string of the molecule is CNS(=O)(=O)c1cc(C(=O)OCC(=O)N(c2ccccc2)C(C)C)n(C)c1. The zero-order chi connectivity index (χ0) is 20.2. The molecular formula is C18H23N3O5S. The highest BCUT2D eigenvalue weighted by Crippen LogP contribution is 2.18. The van der Waals surface area contributed by atoms with Crippen LogP contribution in [0.25, 0.3) is 0 Å². The molecule has 8 nitrogen and oxygen atoms in total. The van der Waals surface area contributed by atoms with Gasteiger partial charge in [-0.05, 0) is 39.1 Å². The summed E-state index contributed by atoms with van der Waals surface area (Å²) in [4.78, 5) is 26.3. The summed E-state index contributed by atoms with van der Waals surface area (Å²) in [6.07, 6.45) is 1.30. The second kappa shape index (κ2) is 8.36. The number of nitrogens with zero attached hydrogens (tertiary/aromatic N) is 2. The molecular weight excluding hydrogens is 370 g/mol. The number of esters is 1. The fourth-order valence-corrected chi connectivity index (χ4v) is 3.39. The zero-order valence-corrected chi connectivity index (χ0v) is 16.5. The normalized spacial score (nSPS) is 11.4. The Bertz CT molecular complexity index is 920. The van der Waals surface area contributed by atoms with Crippen molar-refractivity contribution >= 4 is 27.6 Å². The lowest BCUT2D eigenvalue weighted by Gasteiger charge is -2.26. The Morgan fingerprint density at radius 3 is 2.41 bits per heavy atom. The van der Waals surface area contributed by atoms with Crippen LogP contribution in [0.3, 0.4) is 0 Å². The number of benzene rings is 1. The van der Waals surface area contributed by atoms with Crippen molar-refractivity contribution in [1.82, 2.24) is 9.29 Å². The maximum atomic E-state index is 12.6. The van der Waals surface area contributed by atoms with Gasteiger partial charge in [-0.25, -0.2) is 17.9 Å². The molecule has 1 amide bonds. The van der Waals surface area contributed by atoms with Gasteiger partial charge in [0.25, 0.3) is 5.91 Å². The van der Waals surface area contributed by atoms with E-state index in [2.05, 4.69) is 4.72 Å². The lowest BCUT2D eigenvalue weighted by molar-refractivity contribution is -0.122. The molecule has 0 saturated carbocycles. The molecule has 0 bridgehead atoms. The predicted molar refractivity (Wildman–Crippen MR) is 101 cm³/mol. The van der Waals surface area contributed by atoms with E-state index in [9.17, 15) is 18.0 Å². The van der Waals surface area contributed by atoms with Crippen molar-refractivity contribution in [3.05, 3.63) is 48.3 Å². The summed E-state index contributed by atoms with van der Waals surface area (Å²) >= 11 is 0. The van der Waals surface area contributed by atoms with Gasteiger partial charge in [-0.3, -0.25) is 4.79 Å². The van der Waals surface area contributed by atoms with Crippen LogP contribution >= 0.6 is 0 Å². The quantitative estimate of drug-likeness (QED) is 0.720. The molecule has 0 aliphatic carbocycles. The second-order valence-corrected chi connectivity index (χ2v) is 8.04. The molecule has 9 heteroatoms. The summed E-state index contributed by atoms with van der Waals surface area (Å²) in [5.74, 6) is -1.15. The molecule has 1 aromatic carbocycles. The van der Waals surface area contributed by atoms with Crippen molar-refractivity contribution in [3.63, 3.8) is 0 Å². The number of amides is 1. The summed E-state index contributed by atoms with van der Waals surface area (Å²) in [6.45, 7) is 3.27. The summed E-state index contributed by atoms with van der Waals surface area (Å²) in [6, 6.07) is 10.2. The van der Waals surface area contributed by atoms with Gasteiger partial charge < -0.3 is 14.2 Å². The van der Waals surface area contributed by atoms with Gasteiger partial charge in [-0.15, -0.1) is 0 Å². The third-order valence-electron chi connectivity index (χ3n) is 3.91. The Labute approximate surface area is 158 Å². The topological polar surface area (TPSA) is 97.7 Å². The molecule has 0 saturated heterocycles. The minimum Gasteiger partial charge on any atom is -0.451 e. The molecule has 1 heterocycles. The zero-order valence-electron chi connectivity index (χ0n) is 15.7. The molecule has 146 valence electrons. The van der Waals surface area contributed by atoms with Crippen LogP contribution in [-0.4, -0.2) is 44.6 Å². The molecule has 2 rings (SSSR count). The van der Waals surface area contributed by atoms with E-state index in [0.29, 0.717) is 5.69 Å². The Morgan fingerprint density at radius 1 is 1.22 bits per heavy atom. The maximum Gasteiger partial charge on any atom is 0.355 e. The van der Waals surface area contributed by atoms with E-state index >= 15 is 0 Å². The highest BCUT2D eigenvalue weighted by molar-refractivity contribution is 7.89. The Balaban J connectivity index is 2.12. The van der Waals surface area contributed by atoms with Gasteiger partial charge in [0.15, 0.2) is 6.61 Å². The smallest absolute Gasteiger partial charge is 0.355 e. The summed E-state index contributed by atoms with van der Waals surface area (Å²) in [5.41, 5.74) is 0.738. The van der Waals surface area contributed by atoms with Gasteiger partial charge in [-0.2, -0.15) is 0 Å². The average Bonchev–Trinajstić information content (AvgIpc) is 3.03. The first kappa shape index (κ1) is 20.7. The number of aromatic nitrogens is 1. The lowest BCUT2D eigenvalue weighted by atomic mass is 10.2. The van der Waals surface area contributed by atoms with E-state index in [1.54, 1.807) is 12.1 Å². The Hall–Kier alpha value is -2.65. The van der Waals surface area contributed by atoms with Crippen molar-refractivity contribution in [3.8, 4) is 0 Å². The summed E-state index contributed by atoms with van der Waals surface area (Å²) < 4.78 is 32.3. The number of carbonyl (C=O) groups excluding carboxylic acids is 2. The Morgan fingerprint density at radius 2 is 1.85 bits per heavy atom. The molecule has 0 atom stereocenters. The van der Waals surface area contributed by atoms with Gasteiger partial charge in [0.05, 0.1) is 0 Å². The first-order valence-electron chi connectivity index (χ1n) is 8.31. The predicted octanol–water partition coefficient (Wildman–Crippen LogP) is 1.53. The largest absolute Gasteiger partial charge is 0.451 e. The van der Waals surface area contributed by atoms with Crippen molar-refractivity contribution in [2.24, 2.45) is 7.05 Å². The van der Waals surface area contributed by atoms with E-state index < -0.39 is 22.6 Å². The number of para-hydroxylation sites is 1. The number of hydrogen-bond acceptors (Lipinski definition) is 5. The fourth-order valence-electron chi connectivity index (χ4n) is 2.59. The fraction of sp³-hybridized carbons (Fsp3) is 0.333. The number of ether oxygens (including phenoxy) is 1. The van der Waals surface area contributed by atoms with Gasteiger partial charge in [-0.1, -0.05) is 18.2 Å². The standard InChI is InChI=1S/C18H23N3O5S/c1-13(2)21(14-8-6-5-7-9-14)17(22)12-26-18(23)16-10-15(11-20(16)4)27(24,25)19-3/h5-11,13,19H,12H2,1-4H3. The number of hydrogen-bond donors (Lipinski definition) is 1. The van der Waals surface area contributed by atoms with E-state index in [0.717, 1.165) is 0 Å². The monoisotopic (exact) mass is 393 g/mol. The van der Waals surface area contributed by atoms with Crippen molar-refractivity contribution in [2.45, 2.75) is 24.8 Å². The van der Waals surface area contributed by atoms with Crippen molar-refractivity contribution < 1.29 is 22.7 Å². The number of aryl methyl sites for hydroxylation is 1. The molecule has 27 heavy (non-hydrogen) atoms. The van der Waals surface area contributed by atoms with E-state index in [-0.39, 0.29) is 22.5 Å². The minimum atomic E-state index is -3.68. The number of carbonyl (C=O) groups is 2. The molecule has 0 aliphatic rings. The van der Waals surface area contributed by atoms with Crippen LogP contribution < -0.4 is 9.62 Å². The molecule has 0 spiro atoms. The van der Waals surface area contributed by atoms with Crippen molar-refractivity contribution in [2.75, 3.05) is 18.6 Å². The lowest BCUT2D eigenvalue weighted by Crippen LogP contribution is -2.40. The van der Waals surface area contributed by atoms with Crippen molar-refractivity contribution in [1.29, 1.82) is 0 Å². The van der Waals surface area contributed by atoms with E-state index in [1.165, 1.54) is 35.8 Å². The van der Waals surface area contributed by atoms with Gasteiger partial charge >= 0.3 is 5.97 Å². The van der Waals surface area contributed by atoms with Crippen LogP contribution in [0.1, 0.15) is 24.3 Å². The molecule has 0 radical (unpaired) electrons. The second-order valence-electron chi connectivity index (χ2n) is 6.15. The Kier molecular flexibility index (Phi) is 6.40. The van der Waals surface area contributed by atoms with Crippen LogP contribution in [0.4, 0.5) is 5.69 Å². The maximum absolute atomic E-state index is 12.6. The first-order chi connectivity index (χ1) is 12.7. The van der Waals surface area contributed by atoms with Crippen LogP contribution in [-0.2, 0) is 26.6 Å². The van der Waals surface area contributed by atoms with Gasteiger partial charge in [0, 0.05) is 25.0 Å².